The highest BCUT2D eigenvalue weighted by Gasteiger charge is 2.14. The van der Waals surface area contributed by atoms with Crippen molar-refractivity contribution in [2.45, 2.75) is 6.92 Å². The summed E-state index contributed by atoms with van der Waals surface area (Å²) in [6.45, 7) is 1.72. The van der Waals surface area contributed by atoms with Gasteiger partial charge < -0.3 is 14.8 Å². The maximum Gasteiger partial charge on any atom is 0.343 e. The number of ether oxygens (including phenoxy) is 2. The van der Waals surface area contributed by atoms with Crippen molar-refractivity contribution in [2.24, 2.45) is 5.10 Å². The second-order valence-electron chi connectivity index (χ2n) is 6.76. The first kappa shape index (κ1) is 23.5. The van der Waals surface area contributed by atoms with Crippen LogP contribution in [0.25, 0.3) is 0 Å². The van der Waals surface area contributed by atoms with Gasteiger partial charge in [-0.2, -0.15) is 5.10 Å². The molecule has 3 rings (SSSR count). The summed E-state index contributed by atoms with van der Waals surface area (Å²) in [5, 5.41) is 6.73. The number of carbonyl (C=O) groups excluding carboxylic acids is 3. The molecule has 0 aliphatic rings. The topological polar surface area (TPSA) is 106 Å². The molecule has 3 aromatic carbocycles. The normalized spacial score (nSPS) is 10.5. The van der Waals surface area contributed by atoms with E-state index < -0.39 is 17.8 Å². The molecular formula is C24H20ClN3O5. The van der Waals surface area contributed by atoms with Crippen LogP contribution in [0.4, 0.5) is 5.69 Å². The van der Waals surface area contributed by atoms with Crippen molar-refractivity contribution in [3.63, 3.8) is 0 Å². The van der Waals surface area contributed by atoms with E-state index in [1.165, 1.54) is 13.3 Å². The van der Waals surface area contributed by atoms with E-state index in [2.05, 4.69) is 15.8 Å². The molecule has 0 atom stereocenters. The van der Waals surface area contributed by atoms with Gasteiger partial charge in [0.15, 0.2) is 0 Å². The second kappa shape index (κ2) is 10.9. The molecule has 0 aromatic heterocycles. The summed E-state index contributed by atoms with van der Waals surface area (Å²) in [6, 6.07) is 18.0. The number of benzene rings is 3. The van der Waals surface area contributed by atoms with Gasteiger partial charge in [-0.25, -0.2) is 10.2 Å². The smallest absolute Gasteiger partial charge is 0.343 e. The maximum absolute atomic E-state index is 12.3. The Kier molecular flexibility index (Phi) is 7.77. The first-order valence-electron chi connectivity index (χ1n) is 9.73. The lowest BCUT2D eigenvalue weighted by Gasteiger charge is -2.08. The molecular weight excluding hydrogens is 446 g/mol. The lowest BCUT2D eigenvalue weighted by Crippen LogP contribution is -2.32. The highest BCUT2D eigenvalue weighted by atomic mass is 35.5. The fourth-order valence-electron chi connectivity index (χ4n) is 2.69. The Bertz CT molecular complexity index is 1210. The lowest BCUT2D eigenvalue weighted by molar-refractivity contribution is -0.136. The summed E-state index contributed by atoms with van der Waals surface area (Å²) in [6.07, 6.45) is 1.32. The monoisotopic (exact) mass is 465 g/mol. The predicted octanol–water partition coefficient (Wildman–Crippen LogP) is 3.97. The van der Waals surface area contributed by atoms with E-state index in [0.29, 0.717) is 38.9 Å². The number of amides is 2. The fourth-order valence-corrected chi connectivity index (χ4v) is 2.86. The van der Waals surface area contributed by atoms with E-state index >= 15 is 0 Å². The average molecular weight is 466 g/mol. The number of nitrogens with one attached hydrogen (secondary N) is 2. The Morgan fingerprint density at radius 2 is 1.67 bits per heavy atom. The van der Waals surface area contributed by atoms with Crippen molar-refractivity contribution in [2.75, 3.05) is 12.4 Å². The van der Waals surface area contributed by atoms with Gasteiger partial charge >= 0.3 is 17.8 Å². The molecule has 0 heterocycles. The van der Waals surface area contributed by atoms with Crippen molar-refractivity contribution in [1.29, 1.82) is 0 Å². The third kappa shape index (κ3) is 6.41. The van der Waals surface area contributed by atoms with Gasteiger partial charge in [0.25, 0.3) is 0 Å². The van der Waals surface area contributed by atoms with Crippen LogP contribution < -0.4 is 20.2 Å². The second-order valence-corrected chi connectivity index (χ2v) is 7.16. The molecule has 9 heteroatoms. The molecule has 0 aliphatic heterocycles. The lowest BCUT2D eigenvalue weighted by atomic mass is 10.2. The largest absolute Gasteiger partial charge is 0.497 e. The summed E-state index contributed by atoms with van der Waals surface area (Å²) in [5.74, 6) is -1.45. The van der Waals surface area contributed by atoms with E-state index in [9.17, 15) is 14.4 Å². The number of hydrazone groups is 1. The zero-order chi connectivity index (χ0) is 23.8. The Hall–Kier alpha value is -4.17. The zero-order valence-electron chi connectivity index (χ0n) is 17.8. The standard InChI is InChI=1S/C24H20ClN3O5/c1-15-20(25)7-4-8-21(15)27-22(29)23(30)28-26-14-16-5-3-6-19(13-16)33-24(31)17-9-11-18(32-2)12-10-17/h3-14H,1-2H3,(H,27,29)(H,28,30)/b26-14+. The van der Waals surface area contributed by atoms with Crippen LogP contribution in [0.2, 0.25) is 5.02 Å². The van der Waals surface area contributed by atoms with E-state index in [0.717, 1.165) is 0 Å². The molecule has 0 fully saturated rings. The third-order valence-electron chi connectivity index (χ3n) is 4.50. The minimum absolute atomic E-state index is 0.292. The molecule has 0 unspecified atom stereocenters. The van der Waals surface area contributed by atoms with Gasteiger partial charge in [-0.15, -0.1) is 0 Å². The molecule has 168 valence electrons. The van der Waals surface area contributed by atoms with Gasteiger partial charge in [-0.3, -0.25) is 9.59 Å². The quantitative estimate of drug-likeness (QED) is 0.188. The number of carbonyl (C=O) groups is 3. The minimum atomic E-state index is -0.951. The van der Waals surface area contributed by atoms with Gasteiger partial charge in [0, 0.05) is 10.7 Å². The van der Waals surface area contributed by atoms with Crippen LogP contribution in [0, 0.1) is 6.92 Å². The number of anilines is 1. The maximum atomic E-state index is 12.3. The molecule has 0 saturated carbocycles. The van der Waals surface area contributed by atoms with E-state index in [-0.39, 0.29) is 0 Å². The SMILES string of the molecule is COc1ccc(C(=O)Oc2cccc(/C=N/NC(=O)C(=O)Nc3cccc(Cl)c3C)c2)cc1. The number of esters is 1. The Balaban J connectivity index is 1.57. The van der Waals surface area contributed by atoms with E-state index in [4.69, 9.17) is 21.1 Å². The molecule has 0 bridgehead atoms. The van der Waals surface area contributed by atoms with Crippen molar-refractivity contribution in [3.05, 3.63) is 88.4 Å². The highest BCUT2D eigenvalue weighted by Crippen LogP contribution is 2.22. The number of hydrogen-bond donors (Lipinski definition) is 2. The molecule has 0 aliphatic carbocycles. The Morgan fingerprint density at radius 3 is 2.39 bits per heavy atom. The first-order valence-corrected chi connectivity index (χ1v) is 10.1. The van der Waals surface area contributed by atoms with Crippen molar-refractivity contribution in [3.8, 4) is 11.5 Å². The summed E-state index contributed by atoms with van der Waals surface area (Å²) >= 11 is 6.01. The van der Waals surface area contributed by atoms with Crippen LogP contribution in [0.5, 0.6) is 11.5 Å². The Morgan fingerprint density at radius 1 is 0.939 bits per heavy atom. The number of halogens is 1. The average Bonchev–Trinajstić information content (AvgIpc) is 2.82. The minimum Gasteiger partial charge on any atom is -0.497 e. The van der Waals surface area contributed by atoms with Crippen LogP contribution in [-0.2, 0) is 9.59 Å². The molecule has 0 spiro atoms. The van der Waals surface area contributed by atoms with Gasteiger partial charge in [-0.1, -0.05) is 29.8 Å². The van der Waals surface area contributed by atoms with Crippen molar-refractivity contribution >= 4 is 41.3 Å². The number of methoxy groups -OCH3 is 1. The van der Waals surface area contributed by atoms with Gasteiger partial charge in [-0.05, 0) is 66.6 Å². The third-order valence-corrected chi connectivity index (χ3v) is 4.91. The molecule has 8 nitrogen and oxygen atoms in total. The Labute approximate surface area is 195 Å². The molecule has 0 radical (unpaired) electrons. The fraction of sp³-hybridized carbons (Fsp3) is 0.0833. The molecule has 2 N–H and O–H groups in total. The van der Waals surface area contributed by atoms with Crippen LogP contribution in [0.1, 0.15) is 21.5 Å². The van der Waals surface area contributed by atoms with Crippen molar-refractivity contribution < 1.29 is 23.9 Å². The zero-order valence-corrected chi connectivity index (χ0v) is 18.6. The highest BCUT2D eigenvalue weighted by molar-refractivity contribution is 6.40. The van der Waals surface area contributed by atoms with Crippen LogP contribution in [0.3, 0.4) is 0 Å². The predicted molar refractivity (Wildman–Crippen MR) is 125 cm³/mol. The van der Waals surface area contributed by atoms with Crippen LogP contribution in [-0.4, -0.2) is 31.1 Å². The number of nitrogens with zero attached hydrogens (tertiary/aromatic N) is 1. The molecule has 33 heavy (non-hydrogen) atoms. The van der Waals surface area contributed by atoms with E-state index in [1.807, 2.05) is 0 Å². The molecule has 3 aromatic rings. The van der Waals surface area contributed by atoms with Crippen LogP contribution >= 0.6 is 11.6 Å². The summed E-state index contributed by atoms with van der Waals surface area (Å²) in [7, 11) is 1.54. The van der Waals surface area contributed by atoms with E-state index in [1.54, 1.807) is 73.7 Å². The summed E-state index contributed by atoms with van der Waals surface area (Å²) in [4.78, 5) is 36.4. The number of rotatable bonds is 6. The van der Waals surface area contributed by atoms with Gasteiger partial charge in [0.1, 0.15) is 11.5 Å². The van der Waals surface area contributed by atoms with Gasteiger partial charge in [0.2, 0.25) is 0 Å². The number of hydrogen-bond acceptors (Lipinski definition) is 6. The molecule has 0 saturated heterocycles. The summed E-state index contributed by atoms with van der Waals surface area (Å²) < 4.78 is 10.4. The van der Waals surface area contributed by atoms with Gasteiger partial charge in [0.05, 0.1) is 18.9 Å². The van der Waals surface area contributed by atoms with Crippen LogP contribution in [0.15, 0.2) is 71.8 Å². The van der Waals surface area contributed by atoms with Crippen molar-refractivity contribution in [1.82, 2.24) is 5.43 Å². The first-order chi connectivity index (χ1) is 15.9. The summed E-state index contributed by atoms with van der Waals surface area (Å²) in [5.41, 5.74) is 4.13. The molecule has 2 amide bonds.